The lowest BCUT2D eigenvalue weighted by atomic mass is 10.0. The Hall–Kier alpha value is -0.730. The first kappa shape index (κ1) is 26.3. The third-order valence-corrected chi connectivity index (χ3v) is 4.25. The van der Waals surface area contributed by atoms with Gasteiger partial charge in [0, 0.05) is 18.9 Å². The number of hydrogen-bond donors (Lipinski definition) is 0. The highest BCUT2D eigenvalue weighted by atomic mass is 19.4. The average Bonchev–Trinajstić information content (AvgIpc) is 2.58. The molecule has 0 saturated carbocycles. The van der Waals surface area contributed by atoms with Crippen LogP contribution < -0.4 is 0 Å². The van der Waals surface area contributed by atoms with Gasteiger partial charge in [-0.2, -0.15) is 13.2 Å². The van der Waals surface area contributed by atoms with Crippen molar-refractivity contribution in [1.82, 2.24) is 0 Å². The van der Waals surface area contributed by atoms with Crippen LogP contribution in [0.2, 0.25) is 0 Å². The highest BCUT2D eigenvalue weighted by Crippen LogP contribution is 2.14. The molecule has 0 aromatic carbocycles. The van der Waals surface area contributed by atoms with E-state index in [4.69, 9.17) is 9.47 Å². The second-order valence-corrected chi connectivity index (χ2v) is 7.32. The summed E-state index contributed by atoms with van der Waals surface area (Å²) in [6, 6.07) is 0. The maximum Gasteiger partial charge on any atom is 0.457 e. The summed E-state index contributed by atoms with van der Waals surface area (Å²) < 4.78 is 46.4. The van der Waals surface area contributed by atoms with Gasteiger partial charge in [0.25, 0.3) is 0 Å². The van der Waals surface area contributed by atoms with Crippen molar-refractivity contribution in [3.63, 3.8) is 0 Å². The van der Waals surface area contributed by atoms with E-state index < -0.39 is 6.18 Å². The van der Waals surface area contributed by atoms with Crippen molar-refractivity contribution in [2.45, 2.75) is 110 Å². The molecule has 27 heavy (non-hydrogen) atoms. The summed E-state index contributed by atoms with van der Waals surface area (Å²) in [5, 5.41) is 0. The molecule has 5 heteroatoms. The van der Waals surface area contributed by atoms with E-state index >= 15 is 0 Å². The maximum absolute atomic E-state index is 11.8. The number of halogens is 3. The van der Waals surface area contributed by atoms with Gasteiger partial charge < -0.3 is 9.47 Å². The highest BCUT2D eigenvalue weighted by Gasteiger charge is 2.22. The molecule has 0 unspecified atom stereocenters. The van der Waals surface area contributed by atoms with E-state index in [1.54, 1.807) is 0 Å². The van der Waals surface area contributed by atoms with Crippen LogP contribution in [0.4, 0.5) is 13.2 Å². The molecule has 0 bridgehead atoms. The zero-order valence-corrected chi connectivity index (χ0v) is 17.3. The fourth-order valence-electron chi connectivity index (χ4n) is 2.79. The molecule has 0 aliphatic rings. The van der Waals surface area contributed by atoms with Crippen molar-refractivity contribution in [1.29, 1.82) is 0 Å². The smallest absolute Gasteiger partial charge is 0.379 e. The van der Waals surface area contributed by atoms with Gasteiger partial charge in [-0.1, -0.05) is 70.1 Å². The topological polar surface area (TPSA) is 18.5 Å². The molecule has 160 valence electrons. The van der Waals surface area contributed by atoms with Gasteiger partial charge in [0.2, 0.25) is 0 Å². The molecule has 0 amide bonds. The van der Waals surface area contributed by atoms with Crippen LogP contribution >= 0.6 is 0 Å². The van der Waals surface area contributed by atoms with Gasteiger partial charge in [-0.05, 0) is 26.7 Å². The fourth-order valence-corrected chi connectivity index (χ4v) is 2.79. The lowest BCUT2D eigenvalue weighted by Crippen LogP contribution is -2.10. The molecular formula is C22H39F3O2. The third-order valence-electron chi connectivity index (χ3n) is 4.25. The summed E-state index contributed by atoms with van der Waals surface area (Å²) >= 11 is 0. The van der Waals surface area contributed by atoms with Gasteiger partial charge in [-0.3, -0.25) is 0 Å². The van der Waals surface area contributed by atoms with E-state index in [0.717, 1.165) is 32.3 Å². The van der Waals surface area contributed by atoms with Gasteiger partial charge in [0.15, 0.2) is 0 Å². The van der Waals surface area contributed by atoms with E-state index in [-0.39, 0.29) is 6.10 Å². The summed E-state index contributed by atoms with van der Waals surface area (Å²) in [7, 11) is 0. The molecule has 0 fully saturated rings. The molecule has 0 aliphatic carbocycles. The summed E-state index contributed by atoms with van der Waals surface area (Å²) in [4.78, 5) is 0. The Balaban J connectivity index is 3.10. The van der Waals surface area contributed by atoms with Gasteiger partial charge in [-0.15, -0.1) is 0 Å². The number of unbranched alkanes of at least 4 members (excludes halogenated alkanes) is 12. The van der Waals surface area contributed by atoms with Crippen LogP contribution in [0.15, 0.2) is 0 Å². The number of ether oxygens (including phenoxy) is 2. The lowest BCUT2D eigenvalue weighted by molar-refractivity contribution is -0.0697. The summed E-state index contributed by atoms with van der Waals surface area (Å²) in [5.41, 5.74) is 0. The van der Waals surface area contributed by atoms with Gasteiger partial charge in [-0.25, -0.2) is 0 Å². The van der Waals surface area contributed by atoms with Crippen molar-refractivity contribution >= 4 is 0 Å². The van der Waals surface area contributed by atoms with Crippen molar-refractivity contribution in [2.75, 3.05) is 19.8 Å². The van der Waals surface area contributed by atoms with E-state index in [0.29, 0.717) is 19.6 Å². The maximum atomic E-state index is 11.8. The Morgan fingerprint density at radius 2 is 1.15 bits per heavy atom. The molecule has 0 aromatic heterocycles. The van der Waals surface area contributed by atoms with E-state index in [1.807, 2.05) is 13.8 Å². The minimum atomic E-state index is -4.34. The number of rotatable bonds is 18. The van der Waals surface area contributed by atoms with Crippen LogP contribution in [-0.4, -0.2) is 32.1 Å². The zero-order valence-electron chi connectivity index (χ0n) is 17.3. The summed E-state index contributed by atoms with van der Waals surface area (Å²) in [5.74, 6) is 3.51. The molecular weight excluding hydrogens is 353 g/mol. The average molecular weight is 393 g/mol. The lowest BCUT2D eigenvalue weighted by Gasteiger charge is -2.08. The molecule has 0 saturated heterocycles. The Kier molecular flexibility index (Phi) is 18.1. The van der Waals surface area contributed by atoms with Crippen LogP contribution in [0.3, 0.4) is 0 Å². The molecule has 0 heterocycles. The second-order valence-electron chi connectivity index (χ2n) is 7.32. The van der Waals surface area contributed by atoms with Gasteiger partial charge >= 0.3 is 6.18 Å². The molecule has 0 aliphatic heterocycles. The van der Waals surface area contributed by atoms with Crippen molar-refractivity contribution in [2.24, 2.45) is 0 Å². The highest BCUT2D eigenvalue weighted by molar-refractivity contribution is 5.04. The van der Waals surface area contributed by atoms with Crippen molar-refractivity contribution in [3.8, 4) is 11.8 Å². The molecule has 0 atom stereocenters. The number of alkyl halides is 3. The minimum Gasteiger partial charge on any atom is -0.379 e. The van der Waals surface area contributed by atoms with E-state index in [1.165, 1.54) is 57.3 Å². The first-order valence-corrected chi connectivity index (χ1v) is 10.7. The van der Waals surface area contributed by atoms with Crippen LogP contribution in [0.5, 0.6) is 0 Å². The molecule has 0 N–H and O–H groups in total. The predicted molar refractivity (Wildman–Crippen MR) is 106 cm³/mol. The number of hydrogen-bond acceptors (Lipinski definition) is 2. The fraction of sp³-hybridized carbons (Fsp3) is 0.909. The molecule has 0 radical (unpaired) electrons. The Morgan fingerprint density at radius 3 is 1.63 bits per heavy atom. The molecule has 0 rings (SSSR count). The Labute approximate surface area is 164 Å². The summed E-state index contributed by atoms with van der Waals surface area (Å²) in [6.45, 7) is 6.27. The normalized spacial score (nSPS) is 11.6. The molecule has 0 spiro atoms. The molecule has 2 nitrogen and oxygen atoms in total. The van der Waals surface area contributed by atoms with Crippen molar-refractivity contribution < 1.29 is 22.6 Å². The van der Waals surface area contributed by atoms with Gasteiger partial charge in [0.1, 0.15) is 0 Å². The summed E-state index contributed by atoms with van der Waals surface area (Å²) in [6.07, 6.45) is 10.4. The Bertz CT molecular complexity index is 370. The SMILES string of the molecule is CC(C)OCCOCCCCCCCCCCCCCCC#CC(F)(F)F. The zero-order chi connectivity index (χ0) is 20.2. The van der Waals surface area contributed by atoms with Crippen LogP contribution in [0.25, 0.3) is 0 Å². The van der Waals surface area contributed by atoms with E-state index in [2.05, 4.69) is 5.92 Å². The minimum absolute atomic E-state index is 0.278. The first-order valence-electron chi connectivity index (χ1n) is 10.7. The van der Waals surface area contributed by atoms with E-state index in [9.17, 15) is 13.2 Å². The van der Waals surface area contributed by atoms with Crippen LogP contribution in [-0.2, 0) is 9.47 Å². The molecule has 0 aromatic rings. The Morgan fingerprint density at radius 1 is 0.667 bits per heavy atom. The first-order chi connectivity index (χ1) is 12.9. The van der Waals surface area contributed by atoms with Crippen LogP contribution in [0, 0.1) is 11.8 Å². The van der Waals surface area contributed by atoms with Gasteiger partial charge in [0.05, 0.1) is 19.3 Å². The van der Waals surface area contributed by atoms with Crippen molar-refractivity contribution in [3.05, 3.63) is 0 Å². The largest absolute Gasteiger partial charge is 0.457 e. The predicted octanol–water partition coefficient (Wildman–Crippen LogP) is 7.07. The monoisotopic (exact) mass is 392 g/mol. The quantitative estimate of drug-likeness (QED) is 0.183. The third kappa shape index (κ3) is 25.3. The van der Waals surface area contributed by atoms with Crippen LogP contribution in [0.1, 0.15) is 97.3 Å². The standard InChI is InChI=1S/C22H39F3O2/c1-21(2)27-20-19-26-18-16-14-12-10-8-6-4-3-5-7-9-11-13-15-17-22(23,24)25/h21H,3-14,16,18-20H2,1-2H3. The second kappa shape index (κ2) is 18.6.